The second-order valence-corrected chi connectivity index (χ2v) is 9.71. The van der Waals surface area contributed by atoms with Gasteiger partial charge in [0, 0.05) is 17.8 Å². The summed E-state index contributed by atoms with van der Waals surface area (Å²) in [6.45, 7) is 5.84. The van der Waals surface area contributed by atoms with Gasteiger partial charge in [-0.3, -0.25) is 0 Å². The Bertz CT molecular complexity index is 1450. The Kier molecular flexibility index (Phi) is 8.24. The number of ether oxygens (including phenoxy) is 1. The number of amides is 2. The third kappa shape index (κ3) is 6.48. The van der Waals surface area contributed by atoms with E-state index in [1.165, 1.54) is 25.5 Å². The van der Waals surface area contributed by atoms with E-state index in [2.05, 4.69) is 32.0 Å². The molecule has 0 radical (unpaired) electrons. The van der Waals surface area contributed by atoms with E-state index < -0.39 is 0 Å². The Morgan fingerprint density at radius 2 is 1.79 bits per heavy atom. The lowest BCUT2D eigenvalue weighted by Crippen LogP contribution is -2.34. The third-order valence-electron chi connectivity index (χ3n) is 6.91. The predicted octanol–water partition coefficient (Wildman–Crippen LogP) is 6.05. The van der Waals surface area contributed by atoms with Crippen molar-refractivity contribution in [2.45, 2.75) is 32.6 Å². The lowest BCUT2D eigenvalue weighted by atomic mass is 10.1. The summed E-state index contributed by atoms with van der Waals surface area (Å²) >= 11 is 0. The summed E-state index contributed by atoms with van der Waals surface area (Å²) in [5, 5.41) is 23.4. The molecular formula is C30H33N7O2. The summed E-state index contributed by atoms with van der Waals surface area (Å²) in [5.74, 6) is 1.47. The fourth-order valence-corrected chi connectivity index (χ4v) is 4.85. The van der Waals surface area contributed by atoms with Crippen molar-refractivity contribution in [2.75, 3.05) is 36.8 Å². The number of benzene rings is 2. The van der Waals surface area contributed by atoms with Gasteiger partial charge >= 0.3 is 6.03 Å². The van der Waals surface area contributed by atoms with Crippen LogP contribution in [-0.4, -0.2) is 46.7 Å². The Balaban J connectivity index is 1.26. The van der Waals surface area contributed by atoms with Gasteiger partial charge in [-0.05, 0) is 82.2 Å². The molecule has 1 aliphatic heterocycles. The number of para-hydroxylation sites is 1. The molecule has 5 rings (SSSR count). The highest BCUT2D eigenvalue weighted by Crippen LogP contribution is 2.33. The van der Waals surface area contributed by atoms with E-state index in [4.69, 9.17) is 4.74 Å². The van der Waals surface area contributed by atoms with Gasteiger partial charge in [0.25, 0.3) is 0 Å². The average molecular weight is 524 g/mol. The van der Waals surface area contributed by atoms with Crippen molar-refractivity contribution in [3.63, 3.8) is 0 Å². The van der Waals surface area contributed by atoms with E-state index >= 15 is 0 Å². The van der Waals surface area contributed by atoms with E-state index in [0.29, 0.717) is 29.2 Å². The van der Waals surface area contributed by atoms with E-state index in [-0.39, 0.29) is 6.03 Å². The van der Waals surface area contributed by atoms with Gasteiger partial charge in [0.05, 0.1) is 34.8 Å². The fraction of sp³-hybridized carbons (Fsp3) is 0.300. The molecule has 39 heavy (non-hydrogen) atoms. The molecule has 0 spiro atoms. The number of carbonyl (C=O) groups excluding carboxylic acids is 1. The highest BCUT2D eigenvalue weighted by atomic mass is 16.5. The van der Waals surface area contributed by atoms with Crippen molar-refractivity contribution in [1.29, 1.82) is 5.26 Å². The van der Waals surface area contributed by atoms with E-state index in [1.54, 1.807) is 10.7 Å². The molecule has 0 aliphatic carbocycles. The Morgan fingerprint density at radius 1 is 1.05 bits per heavy atom. The number of nitrogens with zero attached hydrogens (tertiary/aromatic N) is 4. The molecule has 0 atom stereocenters. The van der Waals surface area contributed by atoms with Crippen LogP contribution in [0.25, 0.3) is 5.52 Å². The van der Waals surface area contributed by atoms with Crippen molar-refractivity contribution in [3.8, 4) is 17.6 Å². The highest BCUT2D eigenvalue weighted by Gasteiger charge is 2.17. The zero-order chi connectivity index (χ0) is 27.0. The van der Waals surface area contributed by atoms with Crippen molar-refractivity contribution < 1.29 is 9.53 Å². The van der Waals surface area contributed by atoms with Crippen LogP contribution < -0.4 is 20.7 Å². The highest BCUT2D eigenvalue weighted by molar-refractivity contribution is 5.94. The lowest BCUT2D eigenvalue weighted by Gasteiger charge is -2.26. The monoisotopic (exact) mass is 523 g/mol. The topological polar surface area (TPSA) is 107 Å². The fourth-order valence-electron chi connectivity index (χ4n) is 4.85. The van der Waals surface area contributed by atoms with Gasteiger partial charge in [-0.25, -0.2) is 9.31 Å². The number of hydrogen-bond donors (Lipinski definition) is 3. The Labute approximate surface area is 228 Å². The molecule has 3 heterocycles. The molecule has 1 fully saturated rings. The molecule has 0 bridgehead atoms. The molecule has 2 aromatic carbocycles. The molecule has 0 unspecified atom stereocenters. The first kappa shape index (κ1) is 26.1. The molecule has 9 nitrogen and oxygen atoms in total. The minimum absolute atomic E-state index is 0.253. The number of nitriles is 1. The average Bonchev–Trinajstić information content (AvgIpc) is 3.28. The maximum atomic E-state index is 12.6. The molecule has 200 valence electrons. The van der Waals surface area contributed by atoms with Crippen molar-refractivity contribution >= 4 is 28.6 Å². The van der Waals surface area contributed by atoms with Gasteiger partial charge in [0.1, 0.15) is 17.6 Å². The largest absolute Gasteiger partial charge is 0.457 e. The van der Waals surface area contributed by atoms with Gasteiger partial charge in [-0.15, -0.1) is 0 Å². The maximum absolute atomic E-state index is 12.6. The molecule has 2 amide bonds. The van der Waals surface area contributed by atoms with Crippen LogP contribution in [-0.2, 0) is 0 Å². The van der Waals surface area contributed by atoms with Crippen LogP contribution >= 0.6 is 0 Å². The third-order valence-corrected chi connectivity index (χ3v) is 6.91. The Hall–Kier alpha value is -4.55. The molecule has 0 saturated carbocycles. The van der Waals surface area contributed by atoms with Crippen molar-refractivity contribution in [1.82, 2.24) is 19.8 Å². The second kappa shape index (κ2) is 12.3. The summed E-state index contributed by atoms with van der Waals surface area (Å²) in [7, 11) is 0. The summed E-state index contributed by atoms with van der Waals surface area (Å²) in [4.78, 5) is 15.1. The number of piperidine rings is 1. The summed E-state index contributed by atoms with van der Waals surface area (Å²) in [5.41, 5.74) is 4.00. The normalized spacial score (nSPS) is 13.5. The van der Waals surface area contributed by atoms with Crippen LogP contribution in [0.1, 0.15) is 36.8 Å². The predicted molar refractivity (Wildman–Crippen MR) is 153 cm³/mol. The first-order chi connectivity index (χ1) is 19.1. The minimum Gasteiger partial charge on any atom is -0.457 e. The number of rotatable bonds is 9. The second-order valence-electron chi connectivity index (χ2n) is 9.71. The standard InChI is InChI=1S/C30H33N7O2/c1-22-27(35-30(38)32-15-8-18-36-16-6-3-7-17-36)21-37-29(22)28(23(19-31)20-33-37)34-24-11-13-26(14-12-24)39-25-9-4-2-5-10-25/h2,4-5,9-14,20-21,34H,3,6-8,15-18H2,1H3,(H2,32,35,38). The van der Waals surface area contributed by atoms with Crippen LogP contribution in [0.3, 0.4) is 0 Å². The summed E-state index contributed by atoms with van der Waals surface area (Å²) in [6, 6.07) is 19.1. The number of fused-ring (bicyclic) bond motifs is 1. The van der Waals surface area contributed by atoms with Gasteiger partial charge in [0.15, 0.2) is 0 Å². The molecule has 4 aromatic rings. The quantitative estimate of drug-likeness (QED) is 0.231. The number of nitrogens with one attached hydrogen (secondary N) is 3. The van der Waals surface area contributed by atoms with E-state index in [1.807, 2.05) is 61.5 Å². The molecule has 3 N–H and O–H groups in total. The SMILES string of the molecule is Cc1c(NC(=O)NCCCN2CCCCC2)cn2ncc(C#N)c(Nc3ccc(Oc4ccccc4)cc3)c12. The van der Waals surface area contributed by atoms with Gasteiger partial charge < -0.3 is 25.6 Å². The zero-order valence-corrected chi connectivity index (χ0v) is 22.1. The number of hydrogen-bond acceptors (Lipinski definition) is 6. The lowest BCUT2D eigenvalue weighted by molar-refractivity contribution is 0.224. The number of anilines is 3. The van der Waals surface area contributed by atoms with Crippen LogP contribution in [0, 0.1) is 18.3 Å². The number of aryl methyl sites for hydroxylation is 1. The van der Waals surface area contributed by atoms with Gasteiger partial charge in [0.2, 0.25) is 0 Å². The minimum atomic E-state index is -0.253. The van der Waals surface area contributed by atoms with Gasteiger partial charge in [-0.1, -0.05) is 24.6 Å². The first-order valence-corrected chi connectivity index (χ1v) is 13.4. The molecular weight excluding hydrogens is 490 g/mol. The molecule has 9 heteroatoms. The number of likely N-dealkylation sites (tertiary alicyclic amines) is 1. The van der Waals surface area contributed by atoms with Crippen LogP contribution in [0.5, 0.6) is 11.5 Å². The zero-order valence-electron chi connectivity index (χ0n) is 22.1. The van der Waals surface area contributed by atoms with Crippen molar-refractivity contribution in [2.24, 2.45) is 0 Å². The first-order valence-electron chi connectivity index (χ1n) is 13.4. The summed E-state index contributed by atoms with van der Waals surface area (Å²) in [6.07, 6.45) is 8.05. The van der Waals surface area contributed by atoms with E-state index in [0.717, 1.165) is 48.6 Å². The molecule has 1 aliphatic rings. The maximum Gasteiger partial charge on any atom is 0.319 e. The van der Waals surface area contributed by atoms with Gasteiger partial charge in [-0.2, -0.15) is 10.4 Å². The van der Waals surface area contributed by atoms with Crippen LogP contribution in [0.4, 0.5) is 21.9 Å². The number of aromatic nitrogens is 2. The van der Waals surface area contributed by atoms with Crippen LogP contribution in [0.2, 0.25) is 0 Å². The number of carbonyl (C=O) groups is 1. The Morgan fingerprint density at radius 3 is 2.54 bits per heavy atom. The van der Waals surface area contributed by atoms with E-state index in [9.17, 15) is 10.1 Å². The van der Waals surface area contributed by atoms with Crippen LogP contribution in [0.15, 0.2) is 67.0 Å². The summed E-state index contributed by atoms with van der Waals surface area (Å²) < 4.78 is 7.56. The molecule has 1 saturated heterocycles. The number of urea groups is 1. The smallest absolute Gasteiger partial charge is 0.319 e. The molecule has 2 aromatic heterocycles. The van der Waals surface area contributed by atoms with Crippen molar-refractivity contribution in [3.05, 3.63) is 78.1 Å².